The molecule has 4 N–H and O–H groups in total. The van der Waals surface area contributed by atoms with E-state index >= 15 is 0 Å². The number of nitrogens with zero attached hydrogens (tertiary/aromatic N) is 1. The fourth-order valence-corrected chi connectivity index (χ4v) is 1.69. The first-order valence-electron chi connectivity index (χ1n) is 5.83. The molecule has 2 rings (SSSR count). The van der Waals surface area contributed by atoms with Crippen LogP contribution in [0.3, 0.4) is 0 Å². The Balaban J connectivity index is 2.04. The lowest BCUT2D eigenvalue weighted by atomic mass is 10.1. The number of hydrogen-bond acceptors (Lipinski definition) is 4. The zero-order chi connectivity index (χ0) is 13.0. The van der Waals surface area contributed by atoms with E-state index in [1.54, 1.807) is 6.20 Å². The highest BCUT2D eigenvalue weighted by molar-refractivity contribution is 5.51. The molecule has 0 spiro atoms. The van der Waals surface area contributed by atoms with Gasteiger partial charge in [0, 0.05) is 6.54 Å². The van der Waals surface area contributed by atoms with Crippen molar-refractivity contribution in [1.29, 1.82) is 0 Å². The summed E-state index contributed by atoms with van der Waals surface area (Å²) in [6.07, 6.45) is 1.65. The maximum absolute atomic E-state index is 9.07. The first kappa shape index (κ1) is 12.4. The lowest BCUT2D eigenvalue weighted by molar-refractivity contribution is 0.281. The third-order valence-corrected chi connectivity index (χ3v) is 2.80. The van der Waals surface area contributed by atoms with Crippen LogP contribution in [0.2, 0.25) is 0 Å². The van der Waals surface area contributed by atoms with Crippen molar-refractivity contribution in [2.24, 2.45) is 0 Å². The van der Waals surface area contributed by atoms with Crippen LogP contribution in [0.1, 0.15) is 16.7 Å². The van der Waals surface area contributed by atoms with Crippen molar-refractivity contribution < 1.29 is 5.11 Å². The van der Waals surface area contributed by atoms with Gasteiger partial charge in [-0.2, -0.15) is 0 Å². The van der Waals surface area contributed by atoms with E-state index in [0.717, 1.165) is 22.5 Å². The van der Waals surface area contributed by atoms with Crippen LogP contribution < -0.4 is 11.1 Å². The highest BCUT2D eigenvalue weighted by atomic mass is 16.3. The van der Waals surface area contributed by atoms with Gasteiger partial charge in [0.25, 0.3) is 0 Å². The van der Waals surface area contributed by atoms with E-state index in [0.29, 0.717) is 12.2 Å². The van der Waals surface area contributed by atoms with Crippen LogP contribution in [0.4, 0.5) is 11.5 Å². The summed E-state index contributed by atoms with van der Waals surface area (Å²) in [5.41, 5.74) is 9.45. The third-order valence-electron chi connectivity index (χ3n) is 2.80. The molecule has 0 aliphatic rings. The van der Waals surface area contributed by atoms with Gasteiger partial charge in [-0.3, -0.25) is 0 Å². The average Bonchev–Trinajstić information content (AvgIpc) is 2.40. The van der Waals surface area contributed by atoms with Crippen LogP contribution in [0.5, 0.6) is 0 Å². The van der Waals surface area contributed by atoms with Gasteiger partial charge in [0.15, 0.2) is 0 Å². The quantitative estimate of drug-likeness (QED) is 0.768. The summed E-state index contributed by atoms with van der Waals surface area (Å²) in [6.45, 7) is 2.69. The minimum absolute atomic E-state index is 0.0626. The van der Waals surface area contributed by atoms with E-state index < -0.39 is 0 Å². The molecule has 0 aliphatic heterocycles. The Morgan fingerprint density at radius 1 is 1.28 bits per heavy atom. The monoisotopic (exact) mass is 243 g/mol. The zero-order valence-electron chi connectivity index (χ0n) is 10.4. The van der Waals surface area contributed by atoms with Crippen molar-refractivity contribution in [2.45, 2.75) is 20.1 Å². The smallest absolute Gasteiger partial charge is 0.126 e. The number of anilines is 2. The number of rotatable bonds is 4. The standard InChI is InChI=1S/C14H17N3O/c1-10-5-14(17-8-13(10)15)16-7-11-3-2-4-12(6-11)9-18/h2-6,8,18H,7,9,15H2,1H3,(H,16,17). The van der Waals surface area contributed by atoms with Gasteiger partial charge in [-0.1, -0.05) is 24.3 Å². The Bertz CT molecular complexity index is 540. The summed E-state index contributed by atoms with van der Waals surface area (Å²) in [5, 5.41) is 12.3. The number of hydrogen-bond donors (Lipinski definition) is 3. The molecule has 94 valence electrons. The third kappa shape index (κ3) is 2.99. The molecule has 2 aromatic rings. The topological polar surface area (TPSA) is 71.2 Å². The van der Waals surface area contributed by atoms with Crippen LogP contribution in [-0.2, 0) is 13.2 Å². The first-order valence-corrected chi connectivity index (χ1v) is 5.83. The Kier molecular flexibility index (Phi) is 3.79. The van der Waals surface area contributed by atoms with Crippen LogP contribution in [0.25, 0.3) is 0 Å². The van der Waals surface area contributed by atoms with Crippen LogP contribution in [0, 0.1) is 6.92 Å². The lowest BCUT2D eigenvalue weighted by Crippen LogP contribution is -2.03. The molecule has 0 saturated carbocycles. The number of aliphatic hydroxyl groups excluding tert-OH is 1. The van der Waals surface area contributed by atoms with Crippen molar-refractivity contribution in [3.63, 3.8) is 0 Å². The van der Waals surface area contributed by atoms with Crippen molar-refractivity contribution in [2.75, 3.05) is 11.1 Å². The number of nitrogens with one attached hydrogen (secondary N) is 1. The normalized spacial score (nSPS) is 10.3. The number of nitrogen functional groups attached to an aromatic ring is 1. The van der Waals surface area contributed by atoms with Gasteiger partial charge in [-0.25, -0.2) is 4.98 Å². The number of aliphatic hydroxyl groups is 1. The van der Waals surface area contributed by atoms with E-state index in [2.05, 4.69) is 10.3 Å². The number of aryl methyl sites for hydroxylation is 1. The zero-order valence-corrected chi connectivity index (χ0v) is 10.4. The second-order valence-corrected chi connectivity index (χ2v) is 4.26. The SMILES string of the molecule is Cc1cc(NCc2cccc(CO)c2)ncc1N. The second-order valence-electron chi connectivity index (χ2n) is 4.26. The molecule has 0 aliphatic carbocycles. The predicted molar refractivity (Wildman–Crippen MR) is 73.1 cm³/mol. The molecule has 0 radical (unpaired) electrons. The summed E-state index contributed by atoms with van der Waals surface area (Å²) in [5.74, 6) is 0.802. The van der Waals surface area contributed by atoms with Crippen LogP contribution in [0.15, 0.2) is 36.5 Å². The molecule has 1 aromatic heterocycles. The lowest BCUT2D eigenvalue weighted by Gasteiger charge is -2.08. The van der Waals surface area contributed by atoms with E-state index in [1.807, 2.05) is 37.3 Å². The summed E-state index contributed by atoms with van der Waals surface area (Å²) in [4.78, 5) is 4.21. The predicted octanol–water partition coefficient (Wildman–Crippen LogP) is 2.08. The minimum atomic E-state index is 0.0626. The van der Waals surface area contributed by atoms with Gasteiger partial charge in [0.1, 0.15) is 5.82 Å². The Morgan fingerprint density at radius 2 is 2.06 bits per heavy atom. The summed E-state index contributed by atoms with van der Waals surface area (Å²) < 4.78 is 0. The minimum Gasteiger partial charge on any atom is -0.397 e. The molecular weight excluding hydrogens is 226 g/mol. The summed E-state index contributed by atoms with van der Waals surface area (Å²) in [7, 11) is 0. The van der Waals surface area contributed by atoms with E-state index in [1.165, 1.54) is 0 Å². The summed E-state index contributed by atoms with van der Waals surface area (Å²) >= 11 is 0. The molecule has 1 aromatic carbocycles. The van der Waals surface area contributed by atoms with Crippen LogP contribution >= 0.6 is 0 Å². The van der Waals surface area contributed by atoms with E-state index in [9.17, 15) is 0 Å². The van der Waals surface area contributed by atoms with E-state index in [-0.39, 0.29) is 6.61 Å². The van der Waals surface area contributed by atoms with Gasteiger partial charge in [-0.15, -0.1) is 0 Å². The molecule has 18 heavy (non-hydrogen) atoms. The maximum atomic E-state index is 9.07. The van der Waals surface area contributed by atoms with E-state index in [4.69, 9.17) is 10.8 Å². The van der Waals surface area contributed by atoms with Crippen molar-refractivity contribution in [3.05, 3.63) is 53.2 Å². The molecule has 1 heterocycles. The van der Waals surface area contributed by atoms with Crippen molar-refractivity contribution in [1.82, 2.24) is 4.98 Å². The molecule has 0 saturated heterocycles. The van der Waals surface area contributed by atoms with Crippen LogP contribution in [-0.4, -0.2) is 10.1 Å². The number of nitrogens with two attached hydrogens (primary N) is 1. The number of benzene rings is 1. The fraction of sp³-hybridized carbons (Fsp3) is 0.214. The number of aromatic nitrogens is 1. The molecular formula is C14H17N3O. The number of pyridine rings is 1. The first-order chi connectivity index (χ1) is 8.69. The van der Waals surface area contributed by atoms with Crippen molar-refractivity contribution in [3.8, 4) is 0 Å². The highest BCUT2D eigenvalue weighted by Gasteiger charge is 1.99. The van der Waals surface area contributed by atoms with Gasteiger partial charge in [-0.05, 0) is 29.7 Å². The molecule has 0 atom stereocenters. The van der Waals surface area contributed by atoms with Gasteiger partial charge in [0.05, 0.1) is 18.5 Å². The Morgan fingerprint density at radius 3 is 2.78 bits per heavy atom. The maximum Gasteiger partial charge on any atom is 0.126 e. The summed E-state index contributed by atoms with van der Waals surface area (Å²) in [6, 6.07) is 9.73. The molecule has 0 amide bonds. The second kappa shape index (κ2) is 5.51. The molecule has 0 unspecified atom stereocenters. The molecule has 4 nitrogen and oxygen atoms in total. The molecule has 0 fully saturated rings. The Hall–Kier alpha value is -2.07. The Labute approximate surface area is 106 Å². The highest BCUT2D eigenvalue weighted by Crippen LogP contribution is 2.14. The largest absolute Gasteiger partial charge is 0.397 e. The molecule has 4 heteroatoms. The average molecular weight is 243 g/mol. The molecule has 0 bridgehead atoms. The van der Waals surface area contributed by atoms with Gasteiger partial charge in [0.2, 0.25) is 0 Å². The fourth-order valence-electron chi connectivity index (χ4n) is 1.69. The van der Waals surface area contributed by atoms with Gasteiger partial charge >= 0.3 is 0 Å². The van der Waals surface area contributed by atoms with Crippen molar-refractivity contribution >= 4 is 11.5 Å². The van der Waals surface area contributed by atoms with Gasteiger partial charge < -0.3 is 16.2 Å².